The van der Waals surface area contributed by atoms with Crippen molar-refractivity contribution in [2.24, 2.45) is 5.41 Å². The zero-order chi connectivity index (χ0) is 21.4. The number of aromatic amines is 1. The summed E-state index contributed by atoms with van der Waals surface area (Å²) >= 11 is 0. The van der Waals surface area contributed by atoms with Crippen LogP contribution in [0.15, 0.2) is 24.7 Å². The minimum Gasteiger partial charge on any atom is -0.394 e. The van der Waals surface area contributed by atoms with E-state index < -0.39 is 11.7 Å². The predicted molar refractivity (Wildman–Crippen MR) is 101 cm³/mol. The molecular weight excluding hydrogens is 385 g/mol. The van der Waals surface area contributed by atoms with Crippen molar-refractivity contribution in [3.05, 3.63) is 35.8 Å². The standard InChI is InChI=1S/C19H19F3N6O/c1-18(2,3)14(9-29)27-17-26-6-10(5-23)15(28-17)13-8-25-16-12(13)4-11(7-24-16)19(20,21)22/h4,6-8,14,29H,9H2,1-3H3,(H,24,25)(H,26,27,28). The number of aliphatic hydroxyl groups is 1. The third kappa shape index (κ3) is 4.14. The molecule has 3 N–H and O–H groups in total. The molecular formula is C19H19F3N6O. The molecule has 0 radical (unpaired) electrons. The minimum absolute atomic E-state index is 0.102. The maximum atomic E-state index is 13.1. The highest BCUT2D eigenvalue weighted by Crippen LogP contribution is 2.35. The number of halogens is 3. The molecule has 1 atom stereocenters. The molecule has 152 valence electrons. The van der Waals surface area contributed by atoms with Gasteiger partial charge in [-0.2, -0.15) is 18.4 Å². The van der Waals surface area contributed by atoms with Crippen molar-refractivity contribution in [2.75, 3.05) is 11.9 Å². The number of aromatic nitrogens is 4. The molecule has 0 bridgehead atoms. The van der Waals surface area contributed by atoms with Gasteiger partial charge in [0.15, 0.2) is 0 Å². The molecule has 3 aromatic heterocycles. The van der Waals surface area contributed by atoms with Gasteiger partial charge in [0.25, 0.3) is 0 Å². The number of nitriles is 1. The Morgan fingerprint density at radius 2 is 1.97 bits per heavy atom. The van der Waals surface area contributed by atoms with Gasteiger partial charge in [0.05, 0.1) is 35.7 Å². The first-order valence-corrected chi connectivity index (χ1v) is 8.74. The maximum Gasteiger partial charge on any atom is 0.417 e. The van der Waals surface area contributed by atoms with Crippen molar-refractivity contribution in [2.45, 2.75) is 33.0 Å². The normalized spacial score (nSPS) is 13.3. The molecule has 3 rings (SSSR count). The Hall–Kier alpha value is -3.19. The van der Waals surface area contributed by atoms with E-state index in [9.17, 15) is 23.5 Å². The number of nitrogens with one attached hydrogen (secondary N) is 2. The fourth-order valence-corrected chi connectivity index (χ4v) is 2.78. The lowest BCUT2D eigenvalue weighted by Gasteiger charge is -2.29. The van der Waals surface area contributed by atoms with Crippen LogP contribution in [0.3, 0.4) is 0 Å². The van der Waals surface area contributed by atoms with Crippen LogP contribution in [0.5, 0.6) is 0 Å². The summed E-state index contributed by atoms with van der Waals surface area (Å²) in [7, 11) is 0. The van der Waals surface area contributed by atoms with Crippen LogP contribution in [0.1, 0.15) is 31.9 Å². The second kappa shape index (κ2) is 7.33. The zero-order valence-electron chi connectivity index (χ0n) is 16.0. The van der Waals surface area contributed by atoms with E-state index in [-0.39, 0.29) is 46.3 Å². The van der Waals surface area contributed by atoms with E-state index in [0.717, 1.165) is 12.3 Å². The fraction of sp³-hybridized carbons (Fsp3) is 0.368. The molecule has 0 aromatic carbocycles. The van der Waals surface area contributed by atoms with Crippen molar-refractivity contribution in [1.82, 2.24) is 19.9 Å². The van der Waals surface area contributed by atoms with Crippen molar-refractivity contribution in [1.29, 1.82) is 5.26 Å². The summed E-state index contributed by atoms with van der Waals surface area (Å²) in [6.45, 7) is 5.61. The number of alkyl halides is 3. The quantitative estimate of drug-likeness (QED) is 0.611. The largest absolute Gasteiger partial charge is 0.417 e. The second-order valence-corrected chi connectivity index (χ2v) is 7.63. The van der Waals surface area contributed by atoms with E-state index in [4.69, 9.17) is 0 Å². The van der Waals surface area contributed by atoms with Gasteiger partial charge in [-0.15, -0.1) is 0 Å². The number of hydrogen-bond donors (Lipinski definition) is 3. The first-order valence-electron chi connectivity index (χ1n) is 8.74. The monoisotopic (exact) mass is 404 g/mol. The van der Waals surface area contributed by atoms with Crippen LogP contribution in [-0.4, -0.2) is 37.7 Å². The SMILES string of the molecule is CC(C)(C)C(CO)Nc1ncc(C#N)c(-c2c[nH]c3ncc(C(F)(F)F)cc23)n1. The number of H-pyrrole nitrogens is 1. The highest BCUT2D eigenvalue weighted by Gasteiger charge is 2.32. The van der Waals surface area contributed by atoms with Crippen LogP contribution in [-0.2, 0) is 6.18 Å². The van der Waals surface area contributed by atoms with Gasteiger partial charge in [0.1, 0.15) is 11.7 Å². The van der Waals surface area contributed by atoms with E-state index in [0.29, 0.717) is 5.56 Å². The van der Waals surface area contributed by atoms with E-state index in [1.54, 1.807) is 0 Å². The molecule has 0 amide bonds. The molecule has 1 unspecified atom stereocenters. The molecule has 0 saturated carbocycles. The number of nitrogens with zero attached hydrogens (tertiary/aromatic N) is 4. The molecule has 7 nitrogen and oxygen atoms in total. The van der Waals surface area contributed by atoms with Crippen LogP contribution >= 0.6 is 0 Å². The van der Waals surface area contributed by atoms with Gasteiger partial charge in [-0.3, -0.25) is 0 Å². The van der Waals surface area contributed by atoms with Crippen LogP contribution in [0, 0.1) is 16.7 Å². The van der Waals surface area contributed by atoms with Crippen molar-refractivity contribution < 1.29 is 18.3 Å². The Labute approximate surface area is 164 Å². The molecule has 29 heavy (non-hydrogen) atoms. The third-order valence-corrected chi connectivity index (χ3v) is 4.55. The summed E-state index contributed by atoms with van der Waals surface area (Å²) in [6.07, 6.45) is -1.05. The summed E-state index contributed by atoms with van der Waals surface area (Å²) in [6, 6.07) is 2.56. The smallest absolute Gasteiger partial charge is 0.394 e. The van der Waals surface area contributed by atoms with E-state index in [1.807, 2.05) is 26.8 Å². The molecule has 3 aromatic rings. The Morgan fingerprint density at radius 1 is 1.24 bits per heavy atom. The lowest BCUT2D eigenvalue weighted by molar-refractivity contribution is -0.137. The summed E-state index contributed by atoms with van der Waals surface area (Å²) < 4.78 is 39.3. The molecule has 10 heteroatoms. The predicted octanol–water partition coefficient (Wildman–Crippen LogP) is 3.73. The Bertz CT molecular complexity index is 1080. The molecule has 0 aliphatic heterocycles. The lowest BCUT2D eigenvalue weighted by Crippen LogP contribution is -2.37. The maximum absolute atomic E-state index is 13.1. The van der Waals surface area contributed by atoms with E-state index in [1.165, 1.54) is 12.4 Å². The van der Waals surface area contributed by atoms with Gasteiger partial charge >= 0.3 is 6.18 Å². The molecule has 0 spiro atoms. The topological polar surface area (TPSA) is 111 Å². The average Bonchev–Trinajstić information content (AvgIpc) is 3.07. The number of pyridine rings is 1. The van der Waals surface area contributed by atoms with Gasteiger partial charge < -0.3 is 15.4 Å². The van der Waals surface area contributed by atoms with Crippen LogP contribution in [0.4, 0.5) is 19.1 Å². The van der Waals surface area contributed by atoms with Crippen molar-refractivity contribution >= 4 is 17.0 Å². The third-order valence-electron chi connectivity index (χ3n) is 4.55. The first kappa shape index (κ1) is 20.5. The number of fused-ring (bicyclic) bond motifs is 1. The van der Waals surface area contributed by atoms with E-state index in [2.05, 4.69) is 25.3 Å². The van der Waals surface area contributed by atoms with Crippen LogP contribution < -0.4 is 5.32 Å². The van der Waals surface area contributed by atoms with Gasteiger partial charge in [-0.25, -0.2) is 15.0 Å². The van der Waals surface area contributed by atoms with E-state index >= 15 is 0 Å². The molecule has 3 heterocycles. The van der Waals surface area contributed by atoms with Gasteiger partial charge in [0, 0.05) is 23.3 Å². The Balaban J connectivity index is 2.12. The summed E-state index contributed by atoms with van der Waals surface area (Å²) in [5.41, 5.74) is -0.388. The number of aliphatic hydroxyl groups excluding tert-OH is 1. The minimum atomic E-state index is -4.55. The van der Waals surface area contributed by atoms with Gasteiger partial charge in [-0.1, -0.05) is 20.8 Å². The highest BCUT2D eigenvalue weighted by molar-refractivity contribution is 5.94. The summed E-state index contributed by atoms with van der Waals surface area (Å²) in [4.78, 5) is 15.1. The zero-order valence-corrected chi connectivity index (χ0v) is 16.0. The van der Waals surface area contributed by atoms with Crippen LogP contribution in [0.2, 0.25) is 0 Å². The Morgan fingerprint density at radius 3 is 2.55 bits per heavy atom. The lowest BCUT2D eigenvalue weighted by atomic mass is 9.87. The second-order valence-electron chi connectivity index (χ2n) is 7.63. The van der Waals surface area contributed by atoms with Crippen LogP contribution in [0.25, 0.3) is 22.3 Å². The molecule has 0 fully saturated rings. The number of rotatable bonds is 4. The van der Waals surface area contributed by atoms with Crippen molar-refractivity contribution in [3.8, 4) is 17.3 Å². The highest BCUT2D eigenvalue weighted by atomic mass is 19.4. The Kier molecular flexibility index (Phi) is 5.19. The summed E-state index contributed by atoms with van der Waals surface area (Å²) in [5, 5.41) is 22.3. The summed E-state index contributed by atoms with van der Waals surface area (Å²) in [5.74, 6) is 0.155. The van der Waals surface area contributed by atoms with Crippen molar-refractivity contribution in [3.63, 3.8) is 0 Å². The fourth-order valence-electron chi connectivity index (χ4n) is 2.78. The molecule has 0 saturated heterocycles. The first-order chi connectivity index (χ1) is 13.5. The molecule has 0 aliphatic carbocycles. The van der Waals surface area contributed by atoms with Gasteiger partial charge in [-0.05, 0) is 11.5 Å². The number of hydrogen-bond acceptors (Lipinski definition) is 6. The molecule has 0 aliphatic rings. The average molecular weight is 404 g/mol. The van der Waals surface area contributed by atoms with Gasteiger partial charge in [0.2, 0.25) is 5.95 Å². The number of anilines is 1.